The van der Waals surface area contributed by atoms with Crippen molar-refractivity contribution in [2.45, 2.75) is 31.7 Å². The van der Waals surface area contributed by atoms with Crippen LogP contribution in [-0.2, 0) is 11.2 Å². The molecule has 1 N–H and O–H groups in total. The number of amides is 1. The molecule has 1 aliphatic heterocycles. The van der Waals surface area contributed by atoms with Crippen LogP contribution in [0.1, 0.15) is 31.0 Å². The molecule has 1 aromatic carbocycles. The van der Waals surface area contributed by atoms with Gasteiger partial charge in [-0.2, -0.15) is 4.98 Å². The van der Waals surface area contributed by atoms with Crippen LogP contribution in [0.25, 0.3) is 0 Å². The Labute approximate surface area is 137 Å². The van der Waals surface area contributed by atoms with Crippen molar-refractivity contribution in [1.82, 2.24) is 15.5 Å². The minimum atomic E-state index is -0.720. The van der Waals surface area contributed by atoms with E-state index >= 15 is 0 Å². The zero-order chi connectivity index (χ0) is 17.3. The van der Waals surface area contributed by atoms with Crippen LogP contribution >= 0.6 is 0 Å². The maximum Gasteiger partial charge on any atom is 0.232 e. The second-order valence-corrected chi connectivity index (χ2v) is 5.98. The Balaban J connectivity index is 1.75. The van der Waals surface area contributed by atoms with Gasteiger partial charge in [0.15, 0.2) is 5.82 Å². The third-order valence-corrected chi connectivity index (χ3v) is 4.10. The zero-order valence-corrected chi connectivity index (χ0v) is 13.4. The molecule has 0 aliphatic carbocycles. The molecule has 0 bridgehead atoms. The summed E-state index contributed by atoms with van der Waals surface area (Å²) in [5.74, 6) is -1.01. The van der Waals surface area contributed by atoms with Gasteiger partial charge in [0.1, 0.15) is 11.6 Å². The summed E-state index contributed by atoms with van der Waals surface area (Å²) in [6, 6.07) is 3.25. The molecule has 6 nitrogen and oxygen atoms in total. The summed E-state index contributed by atoms with van der Waals surface area (Å²) in [4.78, 5) is 17.9. The number of carbonyl (C=O) groups is 1. The SMILES string of the molecule is CNC(C)Cc1noc(C2CC(=O)N(c3cc(F)cc(F)c3)C2)n1. The first-order valence-corrected chi connectivity index (χ1v) is 7.72. The number of anilines is 1. The average molecular weight is 336 g/mol. The van der Waals surface area contributed by atoms with Gasteiger partial charge in [0.2, 0.25) is 11.8 Å². The van der Waals surface area contributed by atoms with Crippen LogP contribution in [-0.4, -0.2) is 35.7 Å². The average Bonchev–Trinajstić information content (AvgIpc) is 3.12. The lowest BCUT2D eigenvalue weighted by molar-refractivity contribution is -0.117. The normalized spacial score (nSPS) is 19.1. The lowest BCUT2D eigenvalue weighted by Crippen LogP contribution is -2.24. The fourth-order valence-corrected chi connectivity index (χ4v) is 2.71. The lowest BCUT2D eigenvalue weighted by Gasteiger charge is -2.16. The number of benzene rings is 1. The van der Waals surface area contributed by atoms with Crippen LogP contribution in [0.15, 0.2) is 22.7 Å². The fourth-order valence-electron chi connectivity index (χ4n) is 2.71. The fraction of sp³-hybridized carbons (Fsp3) is 0.438. The van der Waals surface area contributed by atoms with E-state index < -0.39 is 11.6 Å². The topological polar surface area (TPSA) is 71.3 Å². The maximum atomic E-state index is 13.4. The molecule has 2 heterocycles. The van der Waals surface area contributed by atoms with Crippen molar-refractivity contribution in [3.63, 3.8) is 0 Å². The van der Waals surface area contributed by atoms with Gasteiger partial charge < -0.3 is 14.7 Å². The monoisotopic (exact) mass is 336 g/mol. The Morgan fingerprint density at radius 2 is 2.08 bits per heavy atom. The third-order valence-electron chi connectivity index (χ3n) is 4.10. The number of nitrogens with one attached hydrogen (secondary N) is 1. The Morgan fingerprint density at radius 3 is 2.75 bits per heavy atom. The third kappa shape index (κ3) is 3.43. The van der Waals surface area contributed by atoms with Crippen molar-refractivity contribution in [3.8, 4) is 0 Å². The quantitative estimate of drug-likeness (QED) is 0.904. The van der Waals surface area contributed by atoms with Crippen molar-refractivity contribution >= 4 is 11.6 Å². The molecular weight excluding hydrogens is 318 g/mol. The second kappa shape index (κ2) is 6.64. The molecule has 1 fully saturated rings. The summed E-state index contributed by atoms with van der Waals surface area (Å²) in [5, 5.41) is 7.01. The summed E-state index contributed by atoms with van der Waals surface area (Å²) < 4.78 is 32.0. The van der Waals surface area contributed by atoms with Gasteiger partial charge >= 0.3 is 0 Å². The Kier molecular flexibility index (Phi) is 4.57. The highest BCUT2D eigenvalue weighted by molar-refractivity contribution is 5.96. The smallest absolute Gasteiger partial charge is 0.232 e. The van der Waals surface area contributed by atoms with Crippen molar-refractivity contribution < 1.29 is 18.1 Å². The van der Waals surface area contributed by atoms with E-state index in [1.807, 2.05) is 14.0 Å². The molecule has 1 aliphatic rings. The van der Waals surface area contributed by atoms with E-state index in [-0.39, 0.29) is 36.5 Å². The number of aromatic nitrogens is 2. The molecule has 3 rings (SSSR count). The van der Waals surface area contributed by atoms with E-state index in [2.05, 4.69) is 15.5 Å². The van der Waals surface area contributed by atoms with E-state index in [0.29, 0.717) is 18.1 Å². The van der Waals surface area contributed by atoms with Crippen molar-refractivity contribution in [2.75, 3.05) is 18.5 Å². The molecule has 128 valence electrons. The number of hydrogen-bond acceptors (Lipinski definition) is 5. The van der Waals surface area contributed by atoms with Crippen LogP contribution in [0.2, 0.25) is 0 Å². The van der Waals surface area contributed by atoms with E-state index in [0.717, 1.165) is 18.2 Å². The number of halogens is 2. The van der Waals surface area contributed by atoms with Crippen LogP contribution in [0.4, 0.5) is 14.5 Å². The van der Waals surface area contributed by atoms with Crippen LogP contribution in [0.3, 0.4) is 0 Å². The van der Waals surface area contributed by atoms with Gasteiger partial charge in [-0.1, -0.05) is 5.16 Å². The van der Waals surface area contributed by atoms with E-state index in [1.54, 1.807) is 0 Å². The summed E-state index contributed by atoms with van der Waals surface area (Å²) in [6.45, 7) is 2.25. The van der Waals surface area contributed by atoms with Crippen molar-refractivity contribution in [3.05, 3.63) is 41.5 Å². The molecule has 24 heavy (non-hydrogen) atoms. The second-order valence-electron chi connectivity index (χ2n) is 5.98. The summed E-state index contributed by atoms with van der Waals surface area (Å²) >= 11 is 0. The molecule has 0 spiro atoms. The van der Waals surface area contributed by atoms with Gasteiger partial charge in [0.25, 0.3) is 0 Å². The van der Waals surface area contributed by atoms with Gasteiger partial charge in [-0.15, -0.1) is 0 Å². The predicted molar refractivity (Wildman–Crippen MR) is 82.6 cm³/mol. The highest BCUT2D eigenvalue weighted by Crippen LogP contribution is 2.31. The molecule has 1 saturated heterocycles. The van der Waals surface area contributed by atoms with Crippen LogP contribution in [0, 0.1) is 11.6 Å². The maximum absolute atomic E-state index is 13.4. The first-order valence-electron chi connectivity index (χ1n) is 7.72. The van der Waals surface area contributed by atoms with E-state index in [1.165, 1.54) is 4.90 Å². The lowest BCUT2D eigenvalue weighted by atomic mass is 10.1. The molecular formula is C16H18F2N4O2. The molecule has 1 aromatic heterocycles. The van der Waals surface area contributed by atoms with Crippen molar-refractivity contribution in [2.24, 2.45) is 0 Å². The number of hydrogen-bond donors (Lipinski definition) is 1. The highest BCUT2D eigenvalue weighted by atomic mass is 19.1. The van der Waals surface area contributed by atoms with E-state index in [4.69, 9.17) is 4.52 Å². The molecule has 2 atom stereocenters. The Bertz CT molecular complexity index is 729. The first-order chi connectivity index (χ1) is 11.5. The van der Waals surface area contributed by atoms with Gasteiger partial charge in [-0.25, -0.2) is 8.78 Å². The Morgan fingerprint density at radius 1 is 1.38 bits per heavy atom. The minimum Gasteiger partial charge on any atom is -0.339 e. The number of rotatable bonds is 5. The van der Waals surface area contributed by atoms with Crippen molar-refractivity contribution in [1.29, 1.82) is 0 Å². The van der Waals surface area contributed by atoms with Gasteiger partial charge in [0.05, 0.1) is 5.92 Å². The summed E-state index contributed by atoms with van der Waals surface area (Å²) in [7, 11) is 1.84. The molecule has 0 radical (unpaired) electrons. The molecule has 0 saturated carbocycles. The predicted octanol–water partition coefficient (Wildman–Crippen LogP) is 2.02. The van der Waals surface area contributed by atoms with Crippen LogP contribution < -0.4 is 10.2 Å². The minimum absolute atomic E-state index is 0.168. The summed E-state index contributed by atoms with van der Waals surface area (Å²) in [5.41, 5.74) is 0.198. The number of carbonyl (C=O) groups excluding carboxylic acids is 1. The van der Waals surface area contributed by atoms with Crippen LogP contribution in [0.5, 0.6) is 0 Å². The molecule has 8 heteroatoms. The highest BCUT2D eigenvalue weighted by Gasteiger charge is 2.35. The largest absolute Gasteiger partial charge is 0.339 e. The number of nitrogens with zero attached hydrogens (tertiary/aromatic N) is 3. The zero-order valence-electron chi connectivity index (χ0n) is 13.4. The van der Waals surface area contributed by atoms with E-state index in [9.17, 15) is 13.6 Å². The summed E-state index contributed by atoms with van der Waals surface area (Å²) in [6.07, 6.45) is 0.779. The van der Waals surface area contributed by atoms with Gasteiger partial charge in [-0.05, 0) is 26.1 Å². The Hall–Kier alpha value is -2.35. The standard InChI is InChI=1S/C16H18F2N4O2/c1-9(19-2)3-14-20-16(24-21-14)10-4-15(23)22(8-10)13-6-11(17)5-12(18)7-13/h5-7,9-10,19H,3-4,8H2,1-2H3. The van der Waals surface area contributed by atoms with Gasteiger partial charge in [-0.3, -0.25) is 4.79 Å². The molecule has 2 unspecified atom stereocenters. The molecule has 2 aromatic rings. The number of likely N-dealkylation sites (N-methyl/N-ethyl adjacent to an activating group) is 1. The molecule has 1 amide bonds. The first kappa shape index (κ1) is 16.5. The van der Waals surface area contributed by atoms with Gasteiger partial charge in [0, 0.05) is 37.2 Å².